The number of anilines is 1. The Morgan fingerprint density at radius 1 is 1.28 bits per heavy atom. The summed E-state index contributed by atoms with van der Waals surface area (Å²) in [6, 6.07) is 9.49. The fraction of sp³-hybridized carbons (Fsp3) is 0.500. The number of hydrogen-bond donors (Lipinski definition) is 1. The van der Waals surface area contributed by atoms with Crippen molar-refractivity contribution in [2.45, 2.75) is 32.2 Å². The van der Waals surface area contributed by atoms with Gasteiger partial charge in [-0.25, -0.2) is 0 Å². The summed E-state index contributed by atoms with van der Waals surface area (Å²) in [6.07, 6.45) is 0. The van der Waals surface area contributed by atoms with E-state index >= 15 is 0 Å². The molecule has 1 heterocycles. The second-order valence-electron chi connectivity index (χ2n) is 5.91. The molecule has 0 aliphatic carbocycles. The smallest absolute Gasteiger partial charge is 0.127 e. The van der Waals surface area contributed by atoms with E-state index in [-0.39, 0.29) is 0 Å². The Hall–Kier alpha value is -1.13. The SMILES string of the molecule is C[Si](C)(C)CCOCC1=NCc2ccccc2N1. The second kappa shape index (κ2) is 5.67. The van der Waals surface area contributed by atoms with Gasteiger partial charge < -0.3 is 10.1 Å². The number of fused-ring (bicyclic) bond motifs is 1. The number of amidine groups is 1. The molecule has 0 fully saturated rings. The first-order chi connectivity index (χ1) is 8.54. The lowest BCUT2D eigenvalue weighted by Gasteiger charge is -2.19. The Balaban J connectivity index is 1.78. The molecule has 0 spiro atoms. The third kappa shape index (κ3) is 3.96. The molecule has 1 aliphatic heterocycles. The van der Waals surface area contributed by atoms with Crippen LogP contribution in [0.2, 0.25) is 25.7 Å². The maximum Gasteiger partial charge on any atom is 0.127 e. The van der Waals surface area contributed by atoms with E-state index in [2.05, 4.69) is 42.1 Å². The highest BCUT2D eigenvalue weighted by molar-refractivity contribution is 6.76. The quantitative estimate of drug-likeness (QED) is 0.652. The summed E-state index contributed by atoms with van der Waals surface area (Å²) in [5.74, 6) is 0.948. The molecule has 1 aromatic rings. The van der Waals surface area contributed by atoms with Gasteiger partial charge in [-0.3, -0.25) is 4.99 Å². The van der Waals surface area contributed by atoms with E-state index in [4.69, 9.17) is 4.74 Å². The molecule has 0 bridgehead atoms. The van der Waals surface area contributed by atoms with Gasteiger partial charge in [0.2, 0.25) is 0 Å². The fourth-order valence-electron chi connectivity index (χ4n) is 1.78. The third-order valence-corrected chi connectivity index (χ3v) is 4.68. The van der Waals surface area contributed by atoms with E-state index in [0.29, 0.717) is 6.61 Å². The molecule has 1 aromatic carbocycles. The average Bonchev–Trinajstić information content (AvgIpc) is 2.33. The molecular formula is C14H22N2OSi. The average molecular weight is 262 g/mol. The van der Waals surface area contributed by atoms with E-state index in [1.165, 1.54) is 11.6 Å². The van der Waals surface area contributed by atoms with Crippen molar-refractivity contribution in [3.8, 4) is 0 Å². The zero-order valence-electron chi connectivity index (χ0n) is 11.5. The molecule has 18 heavy (non-hydrogen) atoms. The number of aliphatic imine (C=N–C) groups is 1. The van der Waals surface area contributed by atoms with Gasteiger partial charge in [0.25, 0.3) is 0 Å². The van der Waals surface area contributed by atoms with Gasteiger partial charge in [-0.1, -0.05) is 37.8 Å². The second-order valence-corrected chi connectivity index (χ2v) is 11.5. The minimum absolute atomic E-state index is 0.596. The number of hydrogen-bond acceptors (Lipinski definition) is 3. The molecule has 0 radical (unpaired) electrons. The fourth-order valence-corrected chi connectivity index (χ4v) is 2.54. The normalized spacial score (nSPS) is 14.7. The van der Waals surface area contributed by atoms with Crippen molar-refractivity contribution in [1.82, 2.24) is 0 Å². The highest BCUT2D eigenvalue weighted by Gasteiger charge is 2.13. The van der Waals surface area contributed by atoms with Crippen LogP contribution in [0.3, 0.4) is 0 Å². The summed E-state index contributed by atoms with van der Waals surface area (Å²) in [4.78, 5) is 4.50. The predicted molar refractivity (Wildman–Crippen MR) is 80.2 cm³/mol. The summed E-state index contributed by atoms with van der Waals surface area (Å²) in [6.45, 7) is 9.29. The molecule has 3 nitrogen and oxygen atoms in total. The first kappa shape index (κ1) is 13.3. The topological polar surface area (TPSA) is 33.6 Å². The Bertz CT molecular complexity index is 438. The molecule has 4 heteroatoms. The number of nitrogens with zero attached hydrogens (tertiary/aromatic N) is 1. The van der Waals surface area contributed by atoms with Crippen molar-refractivity contribution in [2.75, 3.05) is 18.5 Å². The Morgan fingerprint density at radius 3 is 2.83 bits per heavy atom. The van der Waals surface area contributed by atoms with Gasteiger partial charge >= 0.3 is 0 Å². The van der Waals surface area contributed by atoms with Crippen LogP contribution in [0.1, 0.15) is 5.56 Å². The number of benzene rings is 1. The van der Waals surface area contributed by atoms with Crippen molar-refractivity contribution in [2.24, 2.45) is 4.99 Å². The molecule has 1 aliphatic rings. The zero-order valence-corrected chi connectivity index (χ0v) is 12.5. The molecule has 0 aromatic heterocycles. The van der Waals surface area contributed by atoms with E-state index in [1.54, 1.807) is 0 Å². The zero-order chi connectivity index (χ0) is 13.0. The van der Waals surface area contributed by atoms with Gasteiger partial charge in [-0.05, 0) is 17.7 Å². The van der Waals surface area contributed by atoms with Crippen LogP contribution in [0.5, 0.6) is 0 Å². The summed E-state index contributed by atoms with van der Waals surface area (Å²) < 4.78 is 5.71. The Kier molecular flexibility index (Phi) is 4.19. The lowest BCUT2D eigenvalue weighted by molar-refractivity contribution is 0.186. The summed E-state index contributed by atoms with van der Waals surface area (Å²) in [5.41, 5.74) is 2.42. The predicted octanol–water partition coefficient (Wildman–Crippen LogP) is 3.37. The maximum absolute atomic E-state index is 5.71. The van der Waals surface area contributed by atoms with Crippen molar-refractivity contribution in [3.63, 3.8) is 0 Å². The highest BCUT2D eigenvalue weighted by atomic mass is 28.3. The van der Waals surface area contributed by atoms with E-state index < -0.39 is 8.07 Å². The molecule has 0 amide bonds. The van der Waals surface area contributed by atoms with Gasteiger partial charge in [0.15, 0.2) is 0 Å². The van der Waals surface area contributed by atoms with Crippen LogP contribution in [0.4, 0.5) is 5.69 Å². The third-order valence-electron chi connectivity index (χ3n) is 2.97. The summed E-state index contributed by atoms with van der Waals surface area (Å²) in [7, 11) is -0.987. The number of nitrogens with one attached hydrogen (secondary N) is 1. The number of ether oxygens (including phenoxy) is 1. The molecule has 0 saturated heterocycles. The number of rotatable bonds is 5. The minimum atomic E-state index is -0.987. The molecule has 2 rings (SSSR count). The molecule has 1 N–H and O–H groups in total. The monoisotopic (exact) mass is 262 g/mol. The highest BCUT2D eigenvalue weighted by Crippen LogP contribution is 2.19. The maximum atomic E-state index is 5.71. The van der Waals surface area contributed by atoms with Crippen molar-refractivity contribution in [3.05, 3.63) is 29.8 Å². The van der Waals surface area contributed by atoms with Crippen LogP contribution in [0, 0.1) is 0 Å². The minimum Gasteiger partial charge on any atom is -0.374 e. The van der Waals surface area contributed by atoms with E-state index in [1.807, 2.05) is 12.1 Å². The largest absolute Gasteiger partial charge is 0.374 e. The molecule has 0 unspecified atom stereocenters. The lowest BCUT2D eigenvalue weighted by Crippen LogP contribution is -2.26. The van der Waals surface area contributed by atoms with Gasteiger partial charge in [0.05, 0.1) is 6.54 Å². The van der Waals surface area contributed by atoms with E-state index in [0.717, 1.165) is 24.7 Å². The van der Waals surface area contributed by atoms with Gasteiger partial charge in [-0.15, -0.1) is 0 Å². The Labute approximate surface area is 110 Å². The molecular weight excluding hydrogens is 240 g/mol. The summed E-state index contributed by atoms with van der Waals surface area (Å²) in [5, 5.41) is 3.33. The summed E-state index contributed by atoms with van der Waals surface area (Å²) >= 11 is 0. The van der Waals surface area contributed by atoms with Crippen molar-refractivity contribution >= 4 is 19.6 Å². The van der Waals surface area contributed by atoms with Crippen LogP contribution in [0.25, 0.3) is 0 Å². The van der Waals surface area contributed by atoms with Crippen LogP contribution >= 0.6 is 0 Å². The van der Waals surface area contributed by atoms with Crippen LogP contribution in [0.15, 0.2) is 29.3 Å². The first-order valence-electron chi connectivity index (χ1n) is 6.51. The molecule has 0 saturated carbocycles. The Morgan fingerprint density at radius 2 is 2.06 bits per heavy atom. The molecule has 98 valence electrons. The standard InChI is InChI=1S/C14H22N2OSi/c1-18(2,3)9-8-17-11-14-15-10-12-6-4-5-7-13(12)16-14/h4-7H,8-11H2,1-3H3,(H,15,16). The van der Waals surface area contributed by atoms with Gasteiger partial charge in [0, 0.05) is 20.4 Å². The first-order valence-corrected chi connectivity index (χ1v) is 10.2. The lowest BCUT2D eigenvalue weighted by atomic mass is 10.1. The number of para-hydroxylation sites is 1. The van der Waals surface area contributed by atoms with Gasteiger partial charge in [-0.2, -0.15) is 0 Å². The molecule has 0 atom stereocenters. The van der Waals surface area contributed by atoms with Crippen molar-refractivity contribution in [1.29, 1.82) is 0 Å². The van der Waals surface area contributed by atoms with Crippen LogP contribution in [-0.4, -0.2) is 27.1 Å². The van der Waals surface area contributed by atoms with Crippen molar-refractivity contribution < 1.29 is 4.74 Å². The van der Waals surface area contributed by atoms with Crippen LogP contribution in [-0.2, 0) is 11.3 Å². The van der Waals surface area contributed by atoms with Gasteiger partial charge in [0.1, 0.15) is 12.4 Å². The van der Waals surface area contributed by atoms with E-state index in [9.17, 15) is 0 Å². The van der Waals surface area contributed by atoms with Crippen LogP contribution < -0.4 is 5.32 Å².